The molecule has 0 bridgehead atoms. The molecule has 162 valence electrons. The molecule has 0 aliphatic rings. The second-order valence-electron chi connectivity index (χ2n) is 5.41. The number of hydrogen-bond acceptors (Lipinski definition) is 8. The van der Waals surface area contributed by atoms with Crippen molar-refractivity contribution in [2.45, 2.75) is 33.2 Å². The first-order chi connectivity index (χ1) is 13.7. The third-order valence-electron chi connectivity index (χ3n) is 3.44. The van der Waals surface area contributed by atoms with E-state index in [0.29, 0.717) is 6.08 Å². The Bertz CT molecular complexity index is 762. The molecule has 1 unspecified atom stereocenters. The van der Waals surface area contributed by atoms with Gasteiger partial charge in [0.05, 0.1) is 30.1 Å². The molecule has 29 heavy (non-hydrogen) atoms. The maximum Gasteiger partial charge on any atom is 0.359 e. The highest BCUT2D eigenvalue weighted by Gasteiger charge is 2.40. The van der Waals surface area contributed by atoms with Crippen LogP contribution in [0.2, 0.25) is 0 Å². The predicted octanol–water partition coefficient (Wildman–Crippen LogP) is 4.35. The molecule has 1 rings (SSSR count). The fourth-order valence-corrected chi connectivity index (χ4v) is 4.13. The number of carbonyl (C=O) groups is 1. The number of rotatable bonds is 12. The number of nitro benzene ring substituents is 1. The van der Waals surface area contributed by atoms with E-state index in [1.807, 2.05) is 0 Å². The van der Waals surface area contributed by atoms with E-state index in [4.69, 9.17) is 13.8 Å². The Hall–Kier alpha value is -2.36. The maximum absolute atomic E-state index is 13.9. The second kappa shape index (κ2) is 11.6. The van der Waals surface area contributed by atoms with Crippen LogP contribution in [-0.2, 0) is 23.1 Å². The van der Waals surface area contributed by atoms with Gasteiger partial charge < -0.3 is 19.1 Å². The van der Waals surface area contributed by atoms with Crippen LogP contribution in [0.4, 0.5) is 20.2 Å². The molecule has 0 aliphatic heterocycles. The molecular weight excluding hydrogens is 413 g/mol. The Morgan fingerprint density at radius 1 is 1.17 bits per heavy atom. The number of hydrogen-bond donors (Lipinski definition) is 1. The van der Waals surface area contributed by atoms with Gasteiger partial charge in [0.25, 0.3) is 12.1 Å². The summed E-state index contributed by atoms with van der Waals surface area (Å²) in [5.41, 5.74) is -0.157. The lowest BCUT2D eigenvalue weighted by Crippen LogP contribution is -2.31. The summed E-state index contributed by atoms with van der Waals surface area (Å²) >= 11 is 0. The number of nitrogens with zero attached hydrogens (tertiary/aromatic N) is 1. The van der Waals surface area contributed by atoms with Crippen molar-refractivity contribution in [2.75, 3.05) is 25.1 Å². The van der Waals surface area contributed by atoms with Crippen LogP contribution < -0.4 is 5.32 Å². The summed E-state index contributed by atoms with van der Waals surface area (Å²) in [4.78, 5) is 22.0. The Morgan fingerprint density at radius 2 is 1.72 bits per heavy atom. The zero-order valence-corrected chi connectivity index (χ0v) is 17.1. The molecule has 9 nitrogen and oxygen atoms in total. The van der Waals surface area contributed by atoms with Gasteiger partial charge in [-0.1, -0.05) is 0 Å². The predicted molar refractivity (Wildman–Crippen MR) is 102 cm³/mol. The quantitative estimate of drug-likeness (QED) is 0.169. The zero-order chi connectivity index (χ0) is 22.0. The highest BCUT2D eigenvalue weighted by molar-refractivity contribution is 7.58. The third kappa shape index (κ3) is 7.19. The fraction of sp³-hybridized carbons (Fsp3) is 0.471. The molecule has 0 heterocycles. The van der Waals surface area contributed by atoms with E-state index in [1.54, 1.807) is 0 Å². The molecule has 0 aliphatic carbocycles. The van der Waals surface area contributed by atoms with Gasteiger partial charge in [-0.25, -0.2) is 13.6 Å². The minimum atomic E-state index is -4.27. The smallest absolute Gasteiger partial charge is 0.359 e. The van der Waals surface area contributed by atoms with Crippen molar-refractivity contribution in [3.05, 3.63) is 45.8 Å². The number of carbonyl (C=O) groups excluding carboxylic acids is 1. The number of nitro groups is 1. The lowest BCUT2D eigenvalue weighted by atomic mass is 10.2. The first kappa shape index (κ1) is 24.7. The van der Waals surface area contributed by atoms with Crippen LogP contribution >= 0.6 is 7.60 Å². The summed E-state index contributed by atoms with van der Waals surface area (Å²) in [5.74, 6) is -0.988. The van der Waals surface area contributed by atoms with E-state index in [9.17, 15) is 28.3 Å². The number of esters is 1. The summed E-state index contributed by atoms with van der Waals surface area (Å²) in [6.07, 6.45) is -2.45. The fourth-order valence-electron chi connectivity index (χ4n) is 2.30. The largest absolute Gasteiger partial charge is 0.463 e. The van der Waals surface area contributed by atoms with Crippen molar-refractivity contribution in [2.24, 2.45) is 0 Å². The second-order valence-corrected chi connectivity index (χ2v) is 7.44. The van der Waals surface area contributed by atoms with Crippen LogP contribution in [0.3, 0.4) is 0 Å². The standard InChI is InChI=1S/C17H23F2N2O7P/c1-4-26-15(22)11-14(29(25,27-5-2)28-6-3)16(17(18)19)20-12-7-9-13(10-8-12)21(23)24/h7-11,16-17,20H,4-6H2,1-3H3/b14-11-. The van der Waals surface area contributed by atoms with Crippen LogP contribution in [0.25, 0.3) is 0 Å². The minimum Gasteiger partial charge on any atom is -0.463 e. The van der Waals surface area contributed by atoms with Crippen LogP contribution in [0.5, 0.6) is 0 Å². The summed E-state index contributed by atoms with van der Waals surface area (Å²) in [6, 6.07) is 2.71. The van der Waals surface area contributed by atoms with Crippen LogP contribution in [0, 0.1) is 10.1 Å². The normalized spacial score (nSPS) is 13.2. The molecule has 0 saturated carbocycles. The van der Waals surface area contributed by atoms with Crippen LogP contribution in [-0.4, -0.2) is 43.2 Å². The van der Waals surface area contributed by atoms with Gasteiger partial charge in [0.15, 0.2) is 0 Å². The monoisotopic (exact) mass is 436 g/mol. The lowest BCUT2D eigenvalue weighted by molar-refractivity contribution is -0.384. The number of anilines is 1. The molecule has 1 atom stereocenters. The van der Waals surface area contributed by atoms with Gasteiger partial charge in [0.2, 0.25) is 0 Å². The van der Waals surface area contributed by atoms with E-state index >= 15 is 0 Å². The number of nitrogens with one attached hydrogen (secondary N) is 1. The molecule has 1 aromatic rings. The zero-order valence-electron chi connectivity index (χ0n) is 16.2. The maximum atomic E-state index is 13.9. The number of halogens is 2. The number of non-ortho nitro benzene ring substituents is 1. The van der Waals surface area contributed by atoms with E-state index in [2.05, 4.69) is 5.32 Å². The molecule has 0 radical (unpaired) electrons. The van der Waals surface area contributed by atoms with Crippen molar-refractivity contribution in [1.29, 1.82) is 0 Å². The van der Waals surface area contributed by atoms with Gasteiger partial charge in [-0.2, -0.15) is 0 Å². The van der Waals surface area contributed by atoms with Crippen molar-refractivity contribution in [3.8, 4) is 0 Å². The number of ether oxygens (including phenoxy) is 1. The van der Waals surface area contributed by atoms with E-state index in [0.717, 1.165) is 12.1 Å². The molecule has 0 fully saturated rings. The van der Waals surface area contributed by atoms with E-state index < -0.39 is 36.3 Å². The molecule has 0 spiro atoms. The Balaban J connectivity index is 3.39. The highest BCUT2D eigenvalue weighted by Crippen LogP contribution is 2.58. The molecule has 12 heteroatoms. The molecule has 1 aromatic carbocycles. The van der Waals surface area contributed by atoms with Gasteiger partial charge in [0.1, 0.15) is 6.04 Å². The van der Waals surface area contributed by atoms with Gasteiger partial charge in [-0.15, -0.1) is 0 Å². The Morgan fingerprint density at radius 3 is 2.14 bits per heavy atom. The molecule has 0 aromatic heterocycles. The van der Waals surface area contributed by atoms with E-state index in [-0.39, 0.29) is 31.2 Å². The summed E-state index contributed by atoms with van der Waals surface area (Å²) in [5, 5.41) is 12.6. The summed E-state index contributed by atoms with van der Waals surface area (Å²) in [7, 11) is -4.27. The highest BCUT2D eigenvalue weighted by atomic mass is 31.2. The summed E-state index contributed by atoms with van der Waals surface area (Å²) in [6.45, 7) is 4.25. The van der Waals surface area contributed by atoms with Crippen molar-refractivity contribution in [1.82, 2.24) is 0 Å². The van der Waals surface area contributed by atoms with Crippen LogP contribution in [0.15, 0.2) is 35.7 Å². The lowest BCUT2D eigenvalue weighted by Gasteiger charge is -2.27. The minimum absolute atomic E-state index is 0.0225. The number of alkyl halides is 2. The van der Waals surface area contributed by atoms with Crippen LogP contribution in [0.1, 0.15) is 20.8 Å². The number of benzene rings is 1. The molecule has 1 N–H and O–H groups in total. The van der Waals surface area contributed by atoms with Gasteiger partial charge >= 0.3 is 13.6 Å². The van der Waals surface area contributed by atoms with Crippen molar-refractivity contribution >= 4 is 24.9 Å². The van der Waals surface area contributed by atoms with E-state index in [1.165, 1.54) is 32.9 Å². The third-order valence-corrected chi connectivity index (χ3v) is 5.67. The Labute approximate surface area is 166 Å². The average molecular weight is 436 g/mol. The molecular formula is C17H23F2N2O7P. The van der Waals surface area contributed by atoms with Gasteiger partial charge in [-0.05, 0) is 32.9 Å². The van der Waals surface area contributed by atoms with Crippen molar-refractivity contribution < 1.29 is 36.8 Å². The summed E-state index contributed by atoms with van der Waals surface area (Å²) < 4.78 is 55.9. The van der Waals surface area contributed by atoms with Crippen molar-refractivity contribution in [3.63, 3.8) is 0 Å². The molecule has 0 saturated heterocycles. The van der Waals surface area contributed by atoms with Gasteiger partial charge in [0, 0.05) is 23.9 Å². The Kier molecular flexibility index (Phi) is 9.87. The van der Waals surface area contributed by atoms with Gasteiger partial charge in [-0.3, -0.25) is 14.7 Å². The average Bonchev–Trinajstić information content (AvgIpc) is 2.65. The SMILES string of the molecule is CCOC(=O)/C=C(/C(Nc1ccc([N+](=O)[O-])cc1)C(F)F)P(=O)(OCC)OCC. The topological polar surface area (TPSA) is 117 Å². The molecule has 0 amide bonds. The first-order valence-electron chi connectivity index (χ1n) is 8.75. The first-order valence-corrected chi connectivity index (χ1v) is 10.3.